The van der Waals surface area contributed by atoms with Gasteiger partial charge in [-0.3, -0.25) is 9.59 Å². The molecule has 0 spiro atoms. The number of carbonyl (C=O) groups is 1. The standard InChI is InChI=1S/C26H32N2O3/c1-7-17-8-13-23-20(14-17)22(29)15-24(31-23)25(30)27-16-21(28(5)6)18-9-11-19(12-10-18)26(2,3)4/h8-15,21H,7,16H2,1-6H3,(H,27,30)/t21-/m1/s1. The number of nitrogens with zero attached hydrogens (tertiary/aromatic N) is 1. The first-order valence-corrected chi connectivity index (χ1v) is 10.7. The maximum Gasteiger partial charge on any atom is 0.287 e. The van der Waals surface area contributed by atoms with Crippen molar-refractivity contribution in [2.75, 3.05) is 20.6 Å². The summed E-state index contributed by atoms with van der Waals surface area (Å²) in [5.41, 5.74) is 3.75. The molecule has 3 aromatic rings. The second kappa shape index (κ2) is 9.06. The molecule has 3 rings (SSSR count). The first-order chi connectivity index (χ1) is 14.6. The lowest BCUT2D eigenvalue weighted by molar-refractivity contribution is 0.0914. The molecule has 0 aliphatic carbocycles. The van der Waals surface area contributed by atoms with Gasteiger partial charge in [0.15, 0.2) is 11.2 Å². The summed E-state index contributed by atoms with van der Waals surface area (Å²) in [4.78, 5) is 27.3. The average molecular weight is 421 g/mol. The molecular formula is C26H32N2O3. The van der Waals surface area contributed by atoms with E-state index in [0.29, 0.717) is 17.5 Å². The minimum absolute atomic E-state index is 0.00254. The maximum atomic E-state index is 12.7. The van der Waals surface area contributed by atoms with Crippen molar-refractivity contribution in [3.8, 4) is 0 Å². The zero-order valence-corrected chi connectivity index (χ0v) is 19.3. The van der Waals surface area contributed by atoms with Crippen molar-refractivity contribution >= 4 is 16.9 Å². The fourth-order valence-electron chi connectivity index (χ4n) is 3.62. The molecule has 0 saturated heterocycles. The van der Waals surface area contributed by atoms with Gasteiger partial charge in [-0.05, 0) is 54.8 Å². The fourth-order valence-corrected chi connectivity index (χ4v) is 3.62. The predicted molar refractivity (Wildman–Crippen MR) is 126 cm³/mol. The molecule has 0 saturated carbocycles. The van der Waals surface area contributed by atoms with Gasteiger partial charge in [0.2, 0.25) is 0 Å². The van der Waals surface area contributed by atoms with Crippen LogP contribution in [0.5, 0.6) is 0 Å². The van der Waals surface area contributed by atoms with E-state index in [1.165, 1.54) is 11.6 Å². The molecule has 2 aromatic carbocycles. The minimum Gasteiger partial charge on any atom is -0.451 e. The third kappa shape index (κ3) is 5.23. The van der Waals surface area contributed by atoms with Crippen LogP contribution in [0, 0.1) is 0 Å². The molecule has 1 N–H and O–H groups in total. The second-order valence-corrected chi connectivity index (χ2v) is 9.22. The Morgan fingerprint density at radius 2 is 1.74 bits per heavy atom. The van der Waals surface area contributed by atoms with Gasteiger partial charge < -0.3 is 14.6 Å². The topological polar surface area (TPSA) is 62.6 Å². The van der Waals surface area contributed by atoms with Crippen LogP contribution in [0.3, 0.4) is 0 Å². The Balaban J connectivity index is 1.78. The Morgan fingerprint density at radius 1 is 1.06 bits per heavy atom. The number of amides is 1. The van der Waals surface area contributed by atoms with Crippen LogP contribution in [0.2, 0.25) is 0 Å². The third-order valence-corrected chi connectivity index (χ3v) is 5.66. The molecule has 0 bridgehead atoms. The van der Waals surface area contributed by atoms with Gasteiger partial charge in [0.25, 0.3) is 5.91 Å². The van der Waals surface area contributed by atoms with E-state index in [-0.39, 0.29) is 22.6 Å². The van der Waals surface area contributed by atoms with Crippen LogP contribution in [0.1, 0.15) is 61.0 Å². The van der Waals surface area contributed by atoms with Gasteiger partial charge >= 0.3 is 0 Å². The molecule has 1 aromatic heterocycles. The van der Waals surface area contributed by atoms with Gasteiger partial charge in [-0.25, -0.2) is 0 Å². The highest BCUT2D eigenvalue weighted by molar-refractivity contribution is 5.93. The lowest BCUT2D eigenvalue weighted by Crippen LogP contribution is -2.34. The summed E-state index contributed by atoms with van der Waals surface area (Å²) in [6, 6.07) is 15.3. The number of aryl methyl sites for hydroxylation is 1. The van der Waals surface area contributed by atoms with Gasteiger partial charge in [-0.2, -0.15) is 0 Å². The molecule has 0 unspecified atom stereocenters. The van der Waals surface area contributed by atoms with Gasteiger partial charge in [0.1, 0.15) is 5.58 Å². The lowest BCUT2D eigenvalue weighted by Gasteiger charge is -2.26. The quantitative estimate of drug-likeness (QED) is 0.629. The van der Waals surface area contributed by atoms with Crippen LogP contribution in [-0.2, 0) is 11.8 Å². The molecule has 0 radical (unpaired) electrons. The van der Waals surface area contributed by atoms with E-state index >= 15 is 0 Å². The summed E-state index contributed by atoms with van der Waals surface area (Å²) in [5, 5.41) is 3.43. The average Bonchev–Trinajstić information content (AvgIpc) is 2.73. The fraction of sp³-hybridized carbons (Fsp3) is 0.385. The highest BCUT2D eigenvalue weighted by atomic mass is 16.3. The predicted octanol–water partition coefficient (Wildman–Crippen LogP) is 4.69. The van der Waals surface area contributed by atoms with E-state index < -0.39 is 5.91 Å². The molecule has 31 heavy (non-hydrogen) atoms. The SMILES string of the molecule is CCc1ccc2oc(C(=O)NC[C@H](c3ccc(C(C)(C)C)cc3)N(C)C)cc(=O)c2c1. The Labute approximate surface area is 184 Å². The van der Waals surface area contributed by atoms with Crippen LogP contribution >= 0.6 is 0 Å². The molecule has 0 fully saturated rings. The summed E-state index contributed by atoms with van der Waals surface area (Å²) in [5.74, 6) is -0.362. The van der Waals surface area contributed by atoms with Crippen LogP contribution in [0.25, 0.3) is 11.0 Å². The minimum atomic E-state index is -0.392. The highest BCUT2D eigenvalue weighted by Crippen LogP contribution is 2.25. The zero-order valence-electron chi connectivity index (χ0n) is 19.3. The first kappa shape index (κ1) is 22.8. The summed E-state index contributed by atoms with van der Waals surface area (Å²) in [6.45, 7) is 8.99. The smallest absolute Gasteiger partial charge is 0.287 e. The Morgan fingerprint density at radius 3 is 2.32 bits per heavy atom. The molecule has 1 heterocycles. The van der Waals surface area contributed by atoms with E-state index in [1.54, 1.807) is 6.07 Å². The first-order valence-electron chi connectivity index (χ1n) is 10.7. The Bertz CT molecular complexity index is 1120. The van der Waals surface area contributed by atoms with Crippen molar-refractivity contribution < 1.29 is 9.21 Å². The molecule has 0 aliphatic rings. The second-order valence-electron chi connectivity index (χ2n) is 9.22. The van der Waals surface area contributed by atoms with E-state index in [4.69, 9.17) is 4.42 Å². The van der Waals surface area contributed by atoms with Gasteiger partial charge in [-0.15, -0.1) is 0 Å². The summed E-state index contributed by atoms with van der Waals surface area (Å²) in [6.07, 6.45) is 0.834. The molecular weight excluding hydrogens is 388 g/mol. The van der Waals surface area contributed by atoms with Crippen molar-refractivity contribution in [3.63, 3.8) is 0 Å². The number of fused-ring (bicyclic) bond motifs is 1. The Hall–Kier alpha value is -2.92. The molecule has 1 amide bonds. The zero-order chi connectivity index (χ0) is 22.8. The maximum absolute atomic E-state index is 12.7. The van der Waals surface area contributed by atoms with Gasteiger partial charge in [-0.1, -0.05) is 58.0 Å². The molecule has 5 nitrogen and oxygen atoms in total. The van der Waals surface area contributed by atoms with E-state index in [9.17, 15) is 9.59 Å². The van der Waals surface area contributed by atoms with Crippen LogP contribution in [-0.4, -0.2) is 31.4 Å². The number of nitrogens with one attached hydrogen (secondary N) is 1. The van der Waals surface area contributed by atoms with Crippen LogP contribution in [0.15, 0.2) is 57.7 Å². The van der Waals surface area contributed by atoms with Crippen molar-refractivity contribution in [1.82, 2.24) is 10.2 Å². The van der Waals surface area contributed by atoms with Gasteiger partial charge in [0, 0.05) is 12.6 Å². The monoisotopic (exact) mass is 420 g/mol. The van der Waals surface area contributed by atoms with Crippen LogP contribution in [0.4, 0.5) is 0 Å². The third-order valence-electron chi connectivity index (χ3n) is 5.66. The Kier molecular flexibility index (Phi) is 6.65. The van der Waals surface area contributed by atoms with Crippen molar-refractivity contribution in [2.24, 2.45) is 0 Å². The highest BCUT2D eigenvalue weighted by Gasteiger charge is 2.19. The number of benzene rings is 2. The van der Waals surface area contributed by atoms with E-state index in [1.807, 2.05) is 33.2 Å². The summed E-state index contributed by atoms with van der Waals surface area (Å²) >= 11 is 0. The van der Waals surface area contributed by atoms with E-state index in [2.05, 4.69) is 55.3 Å². The summed E-state index contributed by atoms with van der Waals surface area (Å²) < 4.78 is 5.73. The van der Waals surface area contributed by atoms with Crippen molar-refractivity contribution in [2.45, 2.75) is 45.6 Å². The number of likely N-dealkylation sites (N-methyl/N-ethyl adjacent to an activating group) is 1. The lowest BCUT2D eigenvalue weighted by atomic mass is 9.86. The largest absolute Gasteiger partial charge is 0.451 e. The number of hydrogen-bond acceptors (Lipinski definition) is 4. The molecule has 5 heteroatoms. The normalized spacial score (nSPS) is 12.9. The van der Waals surface area contributed by atoms with Crippen molar-refractivity contribution in [3.05, 3.63) is 81.2 Å². The van der Waals surface area contributed by atoms with E-state index in [0.717, 1.165) is 17.5 Å². The molecule has 164 valence electrons. The number of carbonyl (C=O) groups excluding carboxylic acids is 1. The number of rotatable bonds is 6. The summed E-state index contributed by atoms with van der Waals surface area (Å²) in [7, 11) is 3.96. The van der Waals surface area contributed by atoms with Crippen LogP contribution < -0.4 is 10.7 Å². The number of hydrogen-bond donors (Lipinski definition) is 1. The van der Waals surface area contributed by atoms with Crippen molar-refractivity contribution in [1.29, 1.82) is 0 Å². The van der Waals surface area contributed by atoms with Gasteiger partial charge in [0.05, 0.1) is 11.4 Å². The molecule has 0 aliphatic heterocycles. The molecule has 1 atom stereocenters.